The van der Waals surface area contributed by atoms with Crippen molar-refractivity contribution >= 4 is 23.2 Å². The third-order valence-corrected chi connectivity index (χ3v) is 5.25. The van der Waals surface area contributed by atoms with Gasteiger partial charge in [0.25, 0.3) is 0 Å². The van der Waals surface area contributed by atoms with Crippen molar-refractivity contribution in [1.82, 2.24) is 4.90 Å². The molecule has 0 unspecified atom stereocenters. The number of amides is 1. The van der Waals surface area contributed by atoms with Gasteiger partial charge in [-0.3, -0.25) is 4.79 Å². The highest BCUT2D eigenvalue weighted by atomic mass is 35.5. The zero-order chi connectivity index (χ0) is 17.9. The zero-order valence-corrected chi connectivity index (χ0v) is 15.5. The molecule has 0 aromatic heterocycles. The maximum absolute atomic E-state index is 12.3. The summed E-state index contributed by atoms with van der Waals surface area (Å²) in [7, 11) is 1.56. The summed E-state index contributed by atoms with van der Waals surface area (Å²) in [5.41, 5.74) is 1.55. The first kappa shape index (κ1) is 18.5. The molecule has 1 N–H and O–H groups in total. The normalized spacial score (nSPS) is 20.0. The summed E-state index contributed by atoms with van der Waals surface area (Å²) in [6.45, 7) is 5.76. The Labute approximate surface area is 153 Å². The number of ether oxygens (including phenoxy) is 3. The van der Waals surface area contributed by atoms with Crippen molar-refractivity contribution in [3.05, 3.63) is 22.7 Å². The maximum Gasteiger partial charge on any atom is 0.225 e. The summed E-state index contributed by atoms with van der Waals surface area (Å²) in [5, 5.41) is 3.54. The van der Waals surface area contributed by atoms with Gasteiger partial charge in [-0.2, -0.15) is 0 Å². The number of rotatable bonds is 5. The van der Waals surface area contributed by atoms with Gasteiger partial charge < -0.3 is 24.4 Å². The minimum absolute atomic E-state index is 0.0336. The van der Waals surface area contributed by atoms with E-state index in [1.807, 2.05) is 13.0 Å². The molecule has 6 nitrogen and oxygen atoms in total. The third kappa shape index (κ3) is 4.44. The first-order chi connectivity index (χ1) is 12.0. The van der Waals surface area contributed by atoms with E-state index < -0.39 is 0 Å². The number of aryl methyl sites for hydroxylation is 1. The highest BCUT2D eigenvalue weighted by molar-refractivity contribution is 6.31. The highest BCUT2D eigenvalue weighted by Gasteiger charge is 2.39. The Balaban J connectivity index is 1.48. The van der Waals surface area contributed by atoms with Gasteiger partial charge in [0.1, 0.15) is 5.75 Å². The molecule has 25 heavy (non-hydrogen) atoms. The first-order valence-electron chi connectivity index (χ1n) is 8.66. The molecule has 1 amide bonds. The van der Waals surface area contributed by atoms with E-state index >= 15 is 0 Å². The number of halogens is 1. The average molecular weight is 369 g/mol. The molecular formula is C18H25ClN2O4. The molecule has 0 saturated carbocycles. The van der Waals surface area contributed by atoms with E-state index in [9.17, 15) is 4.79 Å². The molecule has 2 heterocycles. The summed E-state index contributed by atoms with van der Waals surface area (Å²) in [5.74, 6) is 0.167. The van der Waals surface area contributed by atoms with Crippen LogP contribution in [-0.2, 0) is 14.3 Å². The lowest BCUT2D eigenvalue weighted by Crippen LogP contribution is -2.45. The van der Waals surface area contributed by atoms with Crippen LogP contribution in [0.5, 0.6) is 5.75 Å². The second-order valence-corrected chi connectivity index (χ2v) is 6.96. The molecule has 2 aliphatic heterocycles. The van der Waals surface area contributed by atoms with Crippen LogP contribution in [0.15, 0.2) is 12.1 Å². The monoisotopic (exact) mass is 368 g/mol. The minimum Gasteiger partial charge on any atom is -0.495 e. The summed E-state index contributed by atoms with van der Waals surface area (Å²) in [6, 6.07) is 3.55. The summed E-state index contributed by atoms with van der Waals surface area (Å²) in [4.78, 5) is 14.6. The molecule has 1 spiro atoms. The lowest BCUT2D eigenvalue weighted by Gasteiger charge is -2.37. The van der Waals surface area contributed by atoms with Gasteiger partial charge in [0.05, 0.1) is 26.0 Å². The number of methoxy groups -OCH3 is 1. The Kier molecular flexibility index (Phi) is 5.84. The summed E-state index contributed by atoms with van der Waals surface area (Å²) in [6.07, 6.45) is 2.15. The molecule has 1 aromatic carbocycles. The van der Waals surface area contributed by atoms with E-state index in [-0.39, 0.29) is 11.7 Å². The Morgan fingerprint density at radius 1 is 1.32 bits per heavy atom. The topological polar surface area (TPSA) is 60.0 Å². The summed E-state index contributed by atoms with van der Waals surface area (Å²) < 4.78 is 16.7. The second-order valence-electron chi connectivity index (χ2n) is 6.55. The molecule has 2 fully saturated rings. The molecular weight excluding hydrogens is 344 g/mol. The van der Waals surface area contributed by atoms with Crippen molar-refractivity contribution in [3.8, 4) is 5.75 Å². The predicted molar refractivity (Wildman–Crippen MR) is 96.3 cm³/mol. The van der Waals surface area contributed by atoms with Crippen molar-refractivity contribution in [2.45, 2.75) is 32.0 Å². The lowest BCUT2D eigenvalue weighted by atomic mass is 10.0. The average Bonchev–Trinajstić information content (AvgIpc) is 3.05. The van der Waals surface area contributed by atoms with E-state index in [2.05, 4.69) is 10.2 Å². The van der Waals surface area contributed by atoms with Crippen LogP contribution >= 0.6 is 11.6 Å². The fourth-order valence-corrected chi connectivity index (χ4v) is 3.46. The van der Waals surface area contributed by atoms with Crippen molar-refractivity contribution in [2.75, 3.05) is 45.3 Å². The minimum atomic E-state index is -0.368. The zero-order valence-electron chi connectivity index (χ0n) is 14.8. The standard InChI is InChI=1S/C18H25ClN2O4/c1-13-11-15(16(23-2)12-14(13)19)20-17(22)3-6-21-7-4-18(5-8-21)24-9-10-25-18/h11-12H,3-10H2,1-2H3,(H,20,22). The number of likely N-dealkylation sites (tertiary alicyclic amines) is 1. The molecule has 0 radical (unpaired) electrons. The van der Waals surface area contributed by atoms with Crippen LogP contribution in [0.2, 0.25) is 5.02 Å². The van der Waals surface area contributed by atoms with Crippen LogP contribution in [0, 0.1) is 6.92 Å². The number of carbonyl (C=O) groups excluding carboxylic acids is 1. The fourth-order valence-electron chi connectivity index (χ4n) is 3.31. The lowest BCUT2D eigenvalue weighted by molar-refractivity contribution is -0.185. The largest absolute Gasteiger partial charge is 0.495 e. The molecule has 3 rings (SSSR count). The Morgan fingerprint density at radius 3 is 2.64 bits per heavy atom. The summed E-state index contributed by atoms with van der Waals surface area (Å²) >= 11 is 6.10. The Morgan fingerprint density at radius 2 is 2.00 bits per heavy atom. The van der Waals surface area contributed by atoms with Gasteiger partial charge in [0.15, 0.2) is 5.79 Å². The molecule has 7 heteroatoms. The first-order valence-corrected chi connectivity index (χ1v) is 9.03. The van der Waals surface area contributed by atoms with Crippen LogP contribution in [0.3, 0.4) is 0 Å². The number of nitrogens with zero attached hydrogens (tertiary/aromatic N) is 1. The van der Waals surface area contributed by atoms with Crippen LogP contribution in [0.1, 0.15) is 24.8 Å². The Bertz CT molecular complexity index is 622. The maximum atomic E-state index is 12.3. The number of hydrogen-bond acceptors (Lipinski definition) is 5. The third-order valence-electron chi connectivity index (χ3n) is 4.84. The van der Waals surface area contributed by atoms with Crippen LogP contribution in [0.4, 0.5) is 5.69 Å². The quantitative estimate of drug-likeness (QED) is 0.866. The SMILES string of the molecule is COc1cc(Cl)c(C)cc1NC(=O)CCN1CCC2(CC1)OCCO2. The van der Waals surface area contributed by atoms with Gasteiger partial charge in [-0.15, -0.1) is 0 Å². The number of hydrogen-bond donors (Lipinski definition) is 1. The van der Waals surface area contributed by atoms with Crippen LogP contribution in [-0.4, -0.2) is 56.6 Å². The Hall–Kier alpha value is -1.34. The number of benzene rings is 1. The van der Waals surface area contributed by atoms with E-state index in [1.54, 1.807) is 13.2 Å². The highest BCUT2D eigenvalue weighted by Crippen LogP contribution is 2.32. The van der Waals surface area contributed by atoms with Gasteiger partial charge in [-0.1, -0.05) is 11.6 Å². The number of nitrogens with one attached hydrogen (secondary N) is 1. The molecule has 1 aromatic rings. The number of carbonyl (C=O) groups is 1. The number of piperidine rings is 1. The van der Waals surface area contributed by atoms with Gasteiger partial charge in [0, 0.05) is 50.0 Å². The van der Waals surface area contributed by atoms with Crippen LogP contribution < -0.4 is 10.1 Å². The van der Waals surface area contributed by atoms with Crippen molar-refractivity contribution in [3.63, 3.8) is 0 Å². The predicted octanol–water partition coefficient (Wildman–Crippen LogP) is 2.82. The van der Waals surface area contributed by atoms with Crippen molar-refractivity contribution in [2.24, 2.45) is 0 Å². The van der Waals surface area contributed by atoms with Crippen molar-refractivity contribution < 1.29 is 19.0 Å². The van der Waals surface area contributed by atoms with E-state index in [0.29, 0.717) is 36.1 Å². The van der Waals surface area contributed by atoms with Gasteiger partial charge in [0.2, 0.25) is 5.91 Å². The molecule has 0 aliphatic carbocycles. The fraction of sp³-hybridized carbons (Fsp3) is 0.611. The van der Waals surface area contributed by atoms with Gasteiger partial charge >= 0.3 is 0 Å². The van der Waals surface area contributed by atoms with Crippen LogP contribution in [0.25, 0.3) is 0 Å². The van der Waals surface area contributed by atoms with Crippen molar-refractivity contribution in [1.29, 1.82) is 0 Å². The van der Waals surface area contributed by atoms with E-state index in [1.165, 1.54) is 0 Å². The molecule has 0 atom stereocenters. The van der Waals surface area contributed by atoms with Gasteiger partial charge in [-0.25, -0.2) is 0 Å². The number of anilines is 1. The van der Waals surface area contributed by atoms with Gasteiger partial charge in [-0.05, 0) is 18.6 Å². The van der Waals surface area contributed by atoms with E-state index in [0.717, 1.165) is 38.0 Å². The molecule has 138 valence electrons. The molecule has 2 aliphatic rings. The molecule has 2 saturated heterocycles. The second kappa shape index (κ2) is 7.91. The molecule has 0 bridgehead atoms. The smallest absolute Gasteiger partial charge is 0.225 e. The van der Waals surface area contributed by atoms with E-state index in [4.69, 9.17) is 25.8 Å².